The molecule has 290 valence electrons. The molecule has 0 fully saturated rings. The highest BCUT2D eigenvalue weighted by atomic mass is 32.3. The lowest BCUT2D eigenvalue weighted by Crippen LogP contribution is -2.11. The first-order valence-electron chi connectivity index (χ1n) is 14.0. The maximum absolute atomic E-state index is 12.5. The number of phenolic OH excluding ortho intramolecular Hbond substituents is 1. The first kappa shape index (κ1) is 43.4. The summed E-state index contributed by atoms with van der Waals surface area (Å²) in [7, 11) is -15.6. The van der Waals surface area contributed by atoms with Crippen LogP contribution in [0.3, 0.4) is 0 Å². The lowest BCUT2D eigenvalue weighted by Gasteiger charge is -2.13. The Morgan fingerprint density at radius 3 is 1.79 bits per heavy atom. The van der Waals surface area contributed by atoms with Crippen molar-refractivity contribution in [1.82, 2.24) is 0 Å². The predicted octanol–water partition coefficient (Wildman–Crippen LogP) is 2.79. The molecule has 4 aromatic rings. The molecule has 2 unspecified atom stereocenters. The van der Waals surface area contributed by atoms with Crippen molar-refractivity contribution in [3.63, 3.8) is 0 Å². The molecule has 0 saturated carbocycles. The first-order valence-corrected chi connectivity index (χ1v) is 21.3. The van der Waals surface area contributed by atoms with Gasteiger partial charge in [-0.05, 0) is 60.0 Å². The number of nitrogens with two attached hydrogens (primary N) is 3. The number of hydrogen-bond donors (Lipinski definition) is 8. The molecule has 0 heterocycles. The van der Waals surface area contributed by atoms with Crippen molar-refractivity contribution < 1.29 is 65.5 Å². The topological polar surface area (TPSA) is 348 Å². The van der Waals surface area contributed by atoms with E-state index < -0.39 is 75.5 Å². The number of nitrogen functional groups attached to an aromatic ring is 3. The zero-order chi connectivity index (χ0) is 39.9. The zero-order valence-corrected chi connectivity index (χ0v) is 31.9. The highest BCUT2D eigenvalue weighted by Crippen LogP contribution is 2.46. The largest absolute Gasteiger partial charge is 0.505 e. The number of aromatic hydroxyl groups is 1. The minimum atomic E-state index is -4.70. The number of ether oxygens (including phenoxy) is 1. The monoisotopic (exact) mass is 857 g/mol. The van der Waals surface area contributed by atoms with E-state index in [1.54, 1.807) is 24.3 Å². The van der Waals surface area contributed by atoms with Crippen molar-refractivity contribution in [2.24, 2.45) is 10.2 Å². The second-order valence-corrected chi connectivity index (χ2v) is 17.3. The lowest BCUT2D eigenvalue weighted by atomic mass is 10.1. The molecule has 20 nitrogen and oxygen atoms in total. The fourth-order valence-electron chi connectivity index (χ4n) is 4.14. The molecule has 4 aromatic carbocycles. The number of hydrogen-bond acceptors (Lipinski definition) is 18. The smallest absolute Gasteiger partial charge is 0.397 e. The predicted molar refractivity (Wildman–Crippen MR) is 197 cm³/mol. The molecular weight excluding hydrogens is 827 g/mol. The number of nitrogens with zero attached hydrogens (tertiary/aromatic N) is 2. The van der Waals surface area contributed by atoms with E-state index in [0.717, 1.165) is 6.07 Å². The standard InChI is InChI=1S/C19H20N4O10S4.C8H11NO5S2/c1-32-12-3-2-10(35(25)5-4-33-37(29,30)31)8-11(12)22-23-18-13(34)6-9-7-14(36(26,27)28)16(20)17(21)15(9)19(18)24;9-7-1-3-8(4-2-7)15(10)6-5-14-16(11,12)13/h2-3,6-8,24,34H,4-5,20-21H2,1H3,(H,26,27,28)(H,29,30,31);1-4H,5-6,9H2,(H,11,12,13). The van der Waals surface area contributed by atoms with E-state index in [9.17, 15) is 43.3 Å². The van der Waals surface area contributed by atoms with Crippen molar-refractivity contribution >= 4 is 104 Å². The summed E-state index contributed by atoms with van der Waals surface area (Å²) in [5.41, 5.74) is 16.8. The van der Waals surface area contributed by atoms with Gasteiger partial charge in [-0.3, -0.25) is 22.1 Å². The van der Waals surface area contributed by atoms with Gasteiger partial charge < -0.3 is 27.0 Å². The van der Waals surface area contributed by atoms with E-state index in [0.29, 0.717) is 10.6 Å². The van der Waals surface area contributed by atoms with Crippen LogP contribution >= 0.6 is 12.6 Å². The number of anilines is 3. The molecule has 0 aliphatic rings. The van der Waals surface area contributed by atoms with E-state index in [1.807, 2.05) is 0 Å². The van der Waals surface area contributed by atoms with E-state index in [2.05, 4.69) is 31.2 Å². The number of methoxy groups -OCH3 is 1. The van der Waals surface area contributed by atoms with Crippen LogP contribution < -0.4 is 21.9 Å². The SMILES string of the molecule is COc1ccc(S(=O)CCOS(=O)(=O)O)cc1N=Nc1c(S)cc2cc(S(=O)(=O)O)c(N)c(N)c2c1O.Nc1ccc(S(=O)CCOS(=O)(=O)O)cc1. The van der Waals surface area contributed by atoms with E-state index in [-0.39, 0.29) is 61.5 Å². The van der Waals surface area contributed by atoms with Crippen molar-refractivity contribution in [2.75, 3.05) is 49.0 Å². The Labute approximate surface area is 313 Å². The third kappa shape index (κ3) is 12.6. The minimum absolute atomic E-state index is 0.0241. The Morgan fingerprint density at radius 1 is 0.755 bits per heavy atom. The van der Waals surface area contributed by atoms with Crippen LogP contribution in [0.5, 0.6) is 11.5 Å². The van der Waals surface area contributed by atoms with Gasteiger partial charge in [0.05, 0.1) is 70.2 Å². The first-order chi connectivity index (χ1) is 24.5. The van der Waals surface area contributed by atoms with E-state index in [4.69, 9.17) is 31.0 Å². The Bertz CT molecular complexity index is 2410. The molecule has 0 aromatic heterocycles. The molecule has 0 aliphatic carbocycles. The van der Waals surface area contributed by atoms with E-state index in [1.165, 1.54) is 31.4 Å². The van der Waals surface area contributed by atoms with Crippen LogP contribution in [0.2, 0.25) is 0 Å². The summed E-state index contributed by atoms with van der Waals surface area (Å²) in [5, 5.41) is 18.9. The van der Waals surface area contributed by atoms with Crippen molar-refractivity contribution in [3.05, 3.63) is 54.6 Å². The van der Waals surface area contributed by atoms with Crippen LogP contribution in [0.15, 0.2) is 84.4 Å². The van der Waals surface area contributed by atoms with Crippen molar-refractivity contribution in [3.8, 4) is 11.5 Å². The van der Waals surface area contributed by atoms with Gasteiger partial charge in [0.2, 0.25) is 0 Å². The van der Waals surface area contributed by atoms with Crippen LogP contribution in [0.4, 0.5) is 28.4 Å². The molecule has 10 N–H and O–H groups in total. The van der Waals surface area contributed by atoms with Crippen LogP contribution in [-0.4, -0.2) is 84.3 Å². The Kier molecular flexibility index (Phi) is 14.7. The highest BCUT2D eigenvalue weighted by molar-refractivity contribution is 7.86. The Morgan fingerprint density at radius 2 is 1.28 bits per heavy atom. The highest BCUT2D eigenvalue weighted by Gasteiger charge is 2.23. The molecule has 2 atom stereocenters. The quantitative estimate of drug-likeness (QED) is 0.0391. The second kappa shape index (κ2) is 17.9. The summed E-state index contributed by atoms with van der Waals surface area (Å²) in [6, 6.07) is 12.9. The van der Waals surface area contributed by atoms with Crippen LogP contribution in [0, 0.1) is 0 Å². The van der Waals surface area contributed by atoms with Crippen LogP contribution in [0.1, 0.15) is 0 Å². The molecule has 0 saturated heterocycles. The van der Waals surface area contributed by atoms with Gasteiger partial charge in [-0.1, -0.05) is 0 Å². The number of azo groups is 1. The van der Waals surface area contributed by atoms with Gasteiger partial charge in [0.15, 0.2) is 5.75 Å². The average molecular weight is 858 g/mol. The summed E-state index contributed by atoms with van der Waals surface area (Å²) in [6.45, 7) is -0.873. The summed E-state index contributed by atoms with van der Waals surface area (Å²) in [6.07, 6.45) is 0. The number of fused-ring (bicyclic) bond motifs is 1. The second-order valence-electron chi connectivity index (χ2n) is 10.1. The van der Waals surface area contributed by atoms with E-state index >= 15 is 0 Å². The molecule has 0 aliphatic heterocycles. The van der Waals surface area contributed by atoms with Gasteiger partial charge >= 0.3 is 20.8 Å². The van der Waals surface area contributed by atoms with Gasteiger partial charge in [0, 0.05) is 20.4 Å². The molecule has 0 radical (unpaired) electrons. The fraction of sp³-hybridized carbons (Fsp3) is 0.185. The average Bonchev–Trinajstić information content (AvgIpc) is 3.04. The van der Waals surface area contributed by atoms with Gasteiger partial charge in [-0.25, -0.2) is 8.37 Å². The summed E-state index contributed by atoms with van der Waals surface area (Å²) in [5.74, 6) is -0.607. The Hall–Kier alpha value is -3.96. The van der Waals surface area contributed by atoms with Gasteiger partial charge in [0.1, 0.15) is 22.0 Å². The number of rotatable bonds is 14. The fourth-order valence-corrected chi connectivity index (χ4v) is 7.73. The van der Waals surface area contributed by atoms with Gasteiger partial charge in [-0.15, -0.1) is 22.9 Å². The number of benzene rings is 4. The molecule has 26 heteroatoms. The number of thiol groups is 1. The molecular formula is C27H31N5O15S6. The Balaban J connectivity index is 0.000000395. The van der Waals surface area contributed by atoms with Crippen LogP contribution in [0.25, 0.3) is 10.8 Å². The summed E-state index contributed by atoms with van der Waals surface area (Å²) in [4.78, 5) is 0.140. The summed E-state index contributed by atoms with van der Waals surface area (Å²) >= 11 is 4.26. The zero-order valence-electron chi connectivity index (χ0n) is 26.9. The molecule has 53 heavy (non-hydrogen) atoms. The number of phenols is 1. The maximum Gasteiger partial charge on any atom is 0.397 e. The lowest BCUT2D eigenvalue weighted by molar-refractivity contribution is 0.283. The molecule has 0 spiro atoms. The van der Waals surface area contributed by atoms with Gasteiger partial charge in [0.25, 0.3) is 10.1 Å². The normalized spacial score (nSPS) is 13.4. The maximum atomic E-state index is 12.5. The minimum Gasteiger partial charge on any atom is -0.505 e. The van der Waals surface area contributed by atoms with Crippen LogP contribution in [-0.2, 0) is 60.9 Å². The van der Waals surface area contributed by atoms with Crippen molar-refractivity contribution in [2.45, 2.75) is 19.6 Å². The summed E-state index contributed by atoms with van der Waals surface area (Å²) < 4.78 is 129. The van der Waals surface area contributed by atoms with Crippen molar-refractivity contribution in [1.29, 1.82) is 0 Å². The molecule has 4 rings (SSSR count). The molecule has 0 bridgehead atoms. The van der Waals surface area contributed by atoms with Gasteiger partial charge in [-0.2, -0.15) is 25.3 Å². The third-order valence-corrected chi connectivity index (χ3v) is 11.3. The third-order valence-electron chi connectivity index (χ3n) is 6.49. The molecule has 0 amide bonds.